The molecule has 2 N–H and O–H groups in total. The van der Waals surface area contributed by atoms with Crippen molar-refractivity contribution in [2.75, 3.05) is 16.6 Å². The van der Waals surface area contributed by atoms with Crippen molar-refractivity contribution in [3.8, 4) is 5.75 Å². The fourth-order valence-corrected chi connectivity index (χ4v) is 4.26. The molecule has 7 nitrogen and oxygen atoms in total. The molecule has 3 rings (SSSR count). The number of nitrogens with zero attached hydrogens (tertiary/aromatic N) is 1. The first-order valence-electron chi connectivity index (χ1n) is 8.36. The third kappa shape index (κ3) is 5.08. The monoisotopic (exact) mass is 417 g/mol. The maximum absolute atomic E-state index is 12.3. The van der Waals surface area contributed by atoms with Gasteiger partial charge in [0.15, 0.2) is 11.7 Å². The Bertz CT molecular complexity index is 1060. The number of carbonyl (C=O) groups excluding carboxylic acids is 1. The summed E-state index contributed by atoms with van der Waals surface area (Å²) in [5, 5.41) is 4.65. The van der Waals surface area contributed by atoms with Crippen LogP contribution in [0.3, 0.4) is 0 Å². The molecule has 0 aliphatic carbocycles. The molecule has 146 valence electrons. The fraction of sp³-hybridized carbons (Fsp3) is 0.158. The minimum atomic E-state index is -3.72. The van der Waals surface area contributed by atoms with Crippen LogP contribution < -0.4 is 14.8 Å². The van der Waals surface area contributed by atoms with E-state index in [1.165, 1.54) is 41.8 Å². The maximum atomic E-state index is 12.3. The van der Waals surface area contributed by atoms with Crippen LogP contribution in [-0.4, -0.2) is 25.9 Å². The third-order valence-corrected chi connectivity index (χ3v) is 5.96. The molecule has 0 radical (unpaired) electrons. The summed E-state index contributed by atoms with van der Waals surface area (Å²) in [6, 6.07) is 11.6. The van der Waals surface area contributed by atoms with Gasteiger partial charge in [0.2, 0.25) is 0 Å². The lowest BCUT2D eigenvalue weighted by atomic mass is 10.1. The first-order chi connectivity index (χ1) is 13.3. The quantitative estimate of drug-likeness (QED) is 0.612. The summed E-state index contributed by atoms with van der Waals surface area (Å²) in [4.78, 5) is 16.1. The summed E-state index contributed by atoms with van der Waals surface area (Å²) < 4.78 is 32.5. The molecule has 0 saturated carbocycles. The number of thiazole rings is 1. The van der Waals surface area contributed by atoms with Crippen LogP contribution in [0.5, 0.6) is 5.75 Å². The highest BCUT2D eigenvalue weighted by molar-refractivity contribution is 7.93. The highest BCUT2D eigenvalue weighted by Gasteiger charge is 2.15. The lowest BCUT2D eigenvalue weighted by molar-refractivity contribution is -0.118. The van der Waals surface area contributed by atoms with E-state index in [0.717, 1.165) is 11.1 Å². The molecule has 0 unspecified atom stereocenters. The molecule has 2 aromatic carbocycles. The second-order valence-electron chi connectivity index (χ2n) is 6.07. The molecule has 0 atom stereocenters. The van der Waals surface area contributed by atoms with Gasteiger partial charge in [0, 0.05) is 17.3 Å². The summed E-state index contributed by atoms with van der Waals surface area (Å²) in [6.07, 6.45) is 1.52. The molecule has 0 aliphatic rings. The topological polar surface area (TPSA) is 97.4 Å². The second-order valence-corrected chi connectivity index (χ2v) is 8.65. The van der Waals surface area contributed by atoms with E-state index >= 15 is 0 Å². The lowest BCUT2D eigenvalue weighted by Crippen LogP contribution is -2.20. The Labute approximate surface area is 167 Å². The van der Waals surface area contributed by atoms with Gasteiger partial charge in [-0.3, -0.25) is 9.52 Å². The van der Waals surface area contributed by atoms with Gasteiger partial charge in [-0.1, -0.05) is 17.7 Å². The molecular formula is C19H19N3O4S2. The predicted octanol–water partition coefficient (Wildman–Crippen LogP) is 3.58. The van der Waals surface area contributed by atoms with Crippen LogP contribution in [0.15, 0.2) is 58.9 Å². The molecule has 9 heteroatoms. The molecule has 0 saturated heterocycles. The minimum absolute atomic E-state index is 0.0761. The van der Waals surface area contributed by atoms with Crippen molar-refractivity contribution in [1.82, 2.24) is 4.98 Å². The van der Waals surface area contributed by atoms with Crippen LogP contribution >= 0.6 is 11.3 Å². The number of ether oxygens (including phenoxy) is 1. The van der Waals surface area contributed by atoms with Gasteiger partial charge >= 0.3 is 0 Å². The van der Waals surface area contributed by atoms with E-state index in [1.807, 2.05) is 32.0 Å². The largest absolute Gasteiger partial charge is 0.483 e. The molecule has 0 fully saturated rings. The number of rotatable bonds is 7. The third-order valence-electron chi connectivity index (χ3n) is 3.79. The number of nitrogens with one attached hydrogen (secondary N) is 2. The van der Waals surface area contributed by atoms with Gasteiger partial charge < -0.3 is 10.1 Å². The Morgan fingerprint density at radius 3 is 2.54 bits per heavy atom. The van der Waals surface area contributed by atoms with Crippen molar-refractivity contribution in [3.05, 3.63) is 65.2 Å². The maximum Gasteiger partial charge on any atom is 0.263 e. The molecule has 0 aliphatic heterocycles. The van der Waals surface area contributed by atoms with Crippen molar-refractivity contribution in [3.63, 3.8) is 0 Å². The van der Waals surface area contributed by atoms with Gasteiger partial charge in [-0.25, -0.2) is 13.4 Å². The van der Waals surface area contributed by atoms with Gasteiger partial charge in [-0.05, 0) is 49.7 Å². The number of benzene rings is 2. The summed E-state index contributed by atoms with van der Waals surface area (Å²) >= 11 is 1.19. The van der Waals surface area contributed by atoms with Gasteiger partial charge in [-0.15, -0.1) is 11.3 Å². The zero-order chi connectivity index (χ0) is 20.1. The normalized spacial score (nSPS) is 11.1. The van der Waals surface area contributed by atoms with Crippen molar-refractivity contribution in [2.45, 2.75) is 18.7 Å². The van der Waals surface area contributed by atoms with Crippen LogP contribution in [0.25, 0.3) is 0 Å². The average Bonchev–Trinajstić information content (AvgIpc) is 3.14. The number of hydrogen-bond donors (Lipinski definition) is 2. The van der Waals surface area contributed by atoms with E-state index in [1.54, 1.807) is 5.38 Å². The number of amides is 1. The standard InChI is InChI=1S/C19H19N3O4S2/c1-13-3-8-17(14(2)11-13)26-12-18(23)21-15-4-6-16(7-5-15)28(24,25)22-19-20-9-10-27-19/h3-11H,12H2,1-2H3,(H,20,22)(H,21,23). The Balaban J connectivity index is 1.58. The molecule has 1 aromatic heterocycles. The molecule has 1 amide bonds. The van der Waals surface area contributed by atoms with Crippen LogP contribution in [0.1, 0.15) is 11.1 Å². The van der Waals surface area contributed by atoms with Gasteiger partial charge in [0.25, 0.3) is 15.9 Å². The summed E-state index contributed by atoms with van der Waals surface area (Å²) in [5.74, 6) is 0.312. The zero-order valence-electron chi connectivity index (χ0n) is 15.3. The van der Waals surface area contributed by atoms with Crippen molar-refractivity contribution in [1.29, 1.82) is 0 Å². The molecule has 1 heterocycles. The molecule has 3 aromatic rings. The summed E-state index contributed by atoms with van der Waals surface area (Å²) in [6.45, 7) is 3.76. The van der Waals surface area contributed by atoms with E-state index in [4.69, 9.17) is 4.74 Å². The SMILES string of the molecule is Cc1ccc(OCC(=O)Nc2ccc(S(=O)(=O)Nc3nccs3)cc2)c(C)c1. The number of hydrogen-bond acceptors (Lipinski definition) is 6. The zero-order valence-corrected chi connectivity index (χ0v) is 16.9. The lowest BCUT2D eigenvalue weighted by Gasteiger charge is -2.11. The molecule has 28 heavy (non-hydrogen) atoms. The Morgan fingerprint density at radius 2 is 1.89 bits per heavy atom. The van der Waals surface area contributed by atoms with Crippen molar-refractivity contribution in [2.24, 2.45) is 0 Å². The van der Waals surface area contributed by atoms with E-state index in [-0.39, 0.29) is 17.4 Å². The highest BCUT2D eigenvalue weighted by Crippen LogP contribution is 2.20. The summed E-state index contributed by atoms with van der Waals surface area (Å²) in [7, 11) is -3.72. The van der Waals surface area contributed by atoms with Crippen LogP contribution in [0.4, 0.5) is 10.8 Å². The van der Waals surface area contributed by atoms with E-state index in [2.05, 4.69) is 15.0 Å². The van der Waals surface area contributed by atoms with E-state index < -0.39 is 10.0 Å². The van der Waals surface area contributed by atoms with E-state index in [9.17, 15) is 13.2 Å². The number of carbonyl (C=O) groups is 1. The number of aromatic nitrogens is 1. The van der Waals surface area contributed by atoms with Crippen molar-refractivity contribution >= 4 is 38.1 Å². The average molecular weight is 418 g/mol. The minimum Gasteiger partial charge on any atom is -0.483 e. The number of sulfonamides is 1. The number of anilines is 2. The van der Waals surface area contributed by atoms with Crippen LogP contribution in [0, 0.1) is 13.8 Å². The van der Waals surface area contributed by atoms with Crippen molar-refractivity contribution < 1.29 is 17.9 Å². The fourth-order valence-electron chi connectivity index (χ4n) is 2.47. The smallest absolute Gasteiger partial charge is 0.263 e. The number of aryl methyl sites for hydroxylation is 2. The van der Waals surface area contributed by atoms with Crippen LogP contribution in [-0.2, 0) is 14.8 Å². The highest BCUT2D eigenvalue weighted by atomic mass is 32.2. The van der Waals surface area contributed by atoms with Gasteiger partial charge in [0.1, 0.15) is 5.75 Å². The van der Waals surface area contributed by atoms with E-state index in [0.29, 0.717) is 16.6 Å². The van der Waals surface area contributed by atoms with Gasteiger partial charge in [-0.2, -0.15) is 0 Å². The Morgan fingerprint density at radius 1 is 1.14 bits per heavy atom. The summed E-state index contributed by atoms with van der Waals surface area (Å²) in [5.41, 5.74) is 2.55. The second kappa shape index (κ2) is 8.41. The molecule has 0 bridgehead atoms. The van der Waals surface area contributed by atoms with Crippen LogP contribution in [0.2, 0.25) is 0 Å². The van der Waals surface area contributed by atoms with Gasteiger partial charge in [0.05, 0.1) is 4.90 Å². The molecular weight excluding hydrogens is 398 g/mol. The first-order valence-corrected chi connectivity index (χ1v) is 10.7. The predicted molar refractivity (Wildman–Crippen MR) is 109 cm³/mol. The first kappa shape index (κ1) is 19.8. The molecule has 0 spiro atoms. The Hall–Kier alpha value is -2.91. The Kier molecular flexibility index (Phi) is 5.96.